The number of aromatic amines is 2. The normalized spacial score (nSPS) is 17.2. The van der Waals surface area contributed by atoms with E-state index in [0.29, 0.717) is 41.6 Å². The molecule has 0 saturated carbocycles. The molecule has 1 aliphatic heterocycles. The third kappa shape index (κ3) is 2.45. The average Bonchev–Trinajstić information content (AvgIpc) is 3.41. The Morgan fingerprint density at radius 3 is 2.89 bits per heavy atom. The number of H-pyrrole nitrogens is 2. The van der Waals surface area contributed by atoms with Crippen LogP contribution in [0.1, 0.15) is 16.8 Å². The summed E-state index contributed by atoms with van der Waals surface area (Å²) in [5.41, 5.74) is 2.95. The van der Waals surface area contributed by atoms with E-state index in [9.17, 15) is 14.7 Å². The molecule has 4 heterocycles. The van der Waals surface area contributed by atoms with Gasteiger partial charge in [-0.25, -0.2) is 14.3 Å². The van der Waals surface area contributed by atoms with Gasteiger partial charge in [-0.3, -0.25) is 4.79 Å². The van der Waals surface area contributed by atoms with Crippen LogP contribution in [-0.4, -0.2) is 54.7 Å². The van der Waals surface area contributed by atoms with Gasteiger partial charge in [0, 0.05) is 35.9 Å². The average molecular weight is 363 g/mol. The predicted molar refractivity (Wildman–Crippen MR) is 99.6 cm³/mol. The fourth-order valence-electron chi connectivity index (χ4n) is 3.74. The van der Waals surface area contributed by atoms with Crippen LogP contribution < -0.4 is 5.69 Å². The molecule has 3 aromatic heterocycles. The van der Waals surface area contributed by atoms with Crippen molar-refractivity contribution in [2.75, 3.05) is 13.1 Å². The molecule has 0 aliphatic carbocycles. The molecule has 1 aromatic carbocycles. The number of nitrogens with one attached hydrogen (secondary N) is 2. The van der Waals surface area contributed by atoms with Gasteiger partial charge in [0.25, 0.3) is 5.91 Å². The molecule has 136 valence electrons. The van der Waals surface area contributed by atoms with Crippen LogP contribution in [0.4, 0.5) is 0 Å². The molecular formula is C19H17N5O3. The summed E-state index contributed by atoms with van der Waals surface area (Å²) in [6.45, 7) is 0.833. The van der Waals surface area contributed by atoms with Gasteiger partial charge in [0.15, 0.2) is 5.65 Å². The fourth-order valence-corrected chi connectivity index (χ4v) is 3.74. The molecule has 0 unspecified atom stereocenters. The number of hydrogen-bond acceptors (Lipinski definition) is 4. The second kappa shape index (κ2) is 5.82. The Morgan fingerprint density at radius 1 is 1.26 bits per heavy atom. The minimum atomic E-state index is -0.489. The highest BCUT2D eigenvalue weighted by atomic mass is 16.3. The number of pyridine rings is 1. The third-order valence-corrected chi connectivity index (χ3v) is 5.09. The molecule has 1 aliphatic rings. The van der Waals surface area contributed by atoms with Crippen LogP contribution in [0.15, 0.2) is 47.4 Å². The van der Waals surface area contributed by atoms with Crippen molar-refractivity contribution in [3.05, 3.63) is 58.6 Å². The zero-order valence-electron chi connectivity index (χ0n) is 14.3. The first-order valence-corrected chi connectivity index (χ1v) is 8.77. The summed E-state index contributed by atoms with van der Waals surface area (Å²) in [5.74, 6) is -0.165. The van der Waals surface area contributed by atoms with Gasteiger partial charge < -0.3 is 15.0 Å². The Kier molecular flexibility index (Phi) is 3.41. The standard InChI is InChI=1S/C19H17N5O3/c25-12-5-7-23(10-12)18(26)14-9-17-21-22-19(27)24(17)16-8-11(3-4-13(14)16)15-2-1-6-20-15/h1-4,6,8-9,12,20,25H,5,7,10H2,(H,22,27)/t12-/m0/s1. The van der Waals surface area contributed by atoms with Crippen LogP contribution in [0.2, 0.25) is 0 Å². The van der Waals surface area contributed by atoms with Gasteiger partial charge in [-0.15, -0.1) is 0 Å². The molecule has 1 atom stereocenters. The van der Waals surface area contributed by atoms with Crippen molar-refractivity contribution in [2.45, 2.75) is 12.5 Å². The number of fused-ring (bicyclic) bond motifs is 3. The summed E-state index contributed by atoms with van der Waals surface area (Å²) in [5, 5.41) is 16.9. The zero-order valence-corrected chi connectivity index (χ0v) is 14.3. The van der Waals surface area contributed by atoms with Gasteiger partial charge in [0.05, 0.1) is 17.2 Å². The summed E-state index contributed by atoms with van der Waals surface area (Å²) in [7, 11) is 0. The lowest BCUT2D eigenvalue weighted by atomic mass is 10.0. The van der Waals surface area contributed by atoms with Crippen molar-refractivity contribution in [3.8, 4) is 11.3 Å². The molecule has 5 rings (SSSR count). The molecule has 0 bridgehead atoms. The number of nitrogens with zero attached hydrogens (tertiary/aromatic N) is 3. The summed E-state index contributed by atoms with van der Waals surface area (Å²) >= 11 is 0. The number of aliphatic hydroxyl groups is 1. The smallest absolute Gasteiger partial charge is 0.348 e. The van der Waals surface area contributed by atoms with Crippen molar-refractivity contribution in [2.24, 2.45) is 0 Å². The second-order valence-electron chi connectivity index (χ2n) is 6.79. The first-order chi connectivity index (χ1) is 13.1. The quantitative estimate of drug-likeness (QED) is 0.500. The minimum absolute atomic E-state index is 0.165. The Morgan fingerprint density at radius 2 is 2.15 bits per heavy atom. The summed E-state index contributed by atoms with van der Waals surface area (Å²) in [6.07, 6.45) is 1.92. The van der Waals surface area contributed by atoms with Gasteiger partial charge in [-0.2, -0.15) is 5.10 Å². The SMILES string of the molecule is O=C(c1cc2n[nH]c(=O)n2c2cc(-c3ccc[nH]3)ccc12)N1CC[C@H](O)C1. The fraction of sp³-hybridized carbons (Fsp3) is 0.211. The second-order valence-corrected chi connectivity index (χ2v) is 6.79. The topological polar surface area (TPSA) is 106 Å². The number of carbonyl (C=O) groups excluding carboxylic acids is 1. The molecule has 0 radical (unpaired) electrons. The highest BCUT2D eigenvalue weighted by molar-refractivity contribution is 6.08. The molecule has 8 nitrogen and oxygen atoms in total. The van der Waals surface area contributed by atoms with E-state index in [4.69, 9.17) is 0 Å². The third-order valence-electron chi connectivity index (χ3n) is 5.09. The Hall–Kier alpha value is -3.39. The van der Waals surface area contributed by atoms with Crippen molar-refractivity contribution in [3.63, 3.8) is 0 Å². The molecule has 8 heteroatoms. The lowest BCUT2D eigenvalue weighted by molar-refractivity contribution is 0.0767. The van der Waals surface area contributed by atoms with Gasteiger partial charge >= 0.3 is 5.69 Å². The van der Waals surface area contributed by atoms with Gasteiger partial charge in [-0.05, 0) is 30.7 Å². The molecule has 1 fully saturated rings. The van der Waals surface area contributed by atoms with Gasteiger partial charge in [0.1, 0.15) is 0 Å². The maximum Gasteiger partial charge on any atom is 0.348 e. The van der Waals surface area contributed by atoms with E-state index in [1.807, 2.05) is 36.5 Å². The van der Waals surface area contributed by atoms with Crippen molar-refractivity contribution >= 4 is 22.5 Å². The van der Waals surface area contributed by atoms with Gasteiger partial charge in [-0.1, -0.05) is 12.1 Å². The largest absolute Gasteiger partial charge is 0.391 e. The monoisotopic (exact) mass is 363 g/mol. The first kappa shape index (κ1) is 15.8. The predicted octanol–water partition coefficient (Wildman–Crippen LogP) is 1.38. The van der Waals surface area contributed by atoms with E-state index in [1.165, 1.54) is 4.40 Å². The Labute approximate surface area is 153 Å². The molecule has 3 N–H and O–H groups in total. The lowest BCUT2D eigenvalue weighted by Crippen LogP contribution is -2.30. The number of carbonyl (C=O) groups is 1. The minimum Gasteiger partial charge on any atom is -0.391 e. The molecular weight excluding hydrogens is 346 g/mol. The van der Waals surface area contributed by atoms with Crippen LogP contribution in [0, 0.1) is 0 Å². The van der Waals surface area contributed by atoms with Crippen molar-refractivity contribution < 1.29 is 9.90 Å². The molecule has 27 heavy (non-hydrogen) atoms. The number of hydrogen-bond donors (Lipinski definition) is 3. The number of likely N-dealkylation sites (tertiary alicyclic amines) is 1. The lowest BCUT2D eigenvalue weighted by Gasteiger charge is -2.17. The number of amides is 1. The highest BCUT2D eigenvalue weighted by Gasteiger charge is 2.27. The van der Waals surface area contributed by atoms with E-state index >= 15 is 0 Å². The summed E-state index contributed by atoms with van der Waals surface area (Å²) < 4.78 is 1.47. The van der Waals surface area contributed by atoms with Crippen LogP contribution in [0.25, 0.3) is 27.8 Å². The van der Waals surface area contributed by atoms with E-state index in [2.05, 4.69) is 15.2 Å². The van der Waals surface area contributed by atoms with Crippen molar-refractivity contribution in [1.82, 2.24) is 24.5 Å². The molecule has 1 saturated heterocycles. The van der Waals surface area contributed by atoms with E-state index < -0.39 is 6.10 Å². The maximum atomic E-state index is 13.1. The molecule has 1 amide bonds. The van der Waals surface area contributed by atoms with Crippen LogP contribution >= 0.6 is 0 Å². The zero-order chi connectivity index (χ0) is 18.5. The van der Waals surface area contributed by atoms with Crippen molar-refractivity contribution in [1.29, 1.82) is 0 Å². The number of aliphatic hydroxyl groups excluding tert-OH is 1. The maximum absolute atomic E-state index is 13.1. The Bertz CT molecular complexity index is 1220. The van der Waals surface area contributed by atoms with Gasteiger partial charge in [0.2, 0.25) is 0 Å². The number of benzene rings is 1. The Balaban J connectivity index is 1.76. The van der Waals surface area contributed by atoms with E-state index in [-0.39, 0.29) is 11.6 Å². The number of rotatable bonds is 2. The summed E-state index contributed by atoms with van der Waals surface area (Å²) in [4.78, 5) is 30.1. The molecule has 4 aromatic rings. The van der Waals surface area contributed by atoms with E-state index in [0.717, 1.165) is 11.3 Å². The summed E-state index contributed by atoms with van der Waals surface area (Å²) in [6, 6.07) is 11.1. The number of aromatic nitrogens is 4. The van der Waals surface area contributed by atoms with Crippen LogP contribution in [-0.2, 0) is 0 Å². The van der Waals surface area contributed by atoms with Crippen LogP contribution in [0.3, 0.4) is 0 Å². The molecule has 0 spiro atoms. The van der Waals surface area contributed by atoms with E-state index in [1.54, 1.807) is 11.0 Å². The first-order valence-electron chi connectivity index (χ1n) is 8.77. The highest BCUT2D eigenvalue weighted by Crippen LogP contribution is 2.27. The number of β-amino-alcohol motifs (C(OH)–C–C–N with tert-alkyl or cyclic N) is 1. The van der Waals surface area contributed by atoms with Crippen LogP contribution in [0.5, 0.6) is 0 Å².